The standard InChI is InChI=1S/C10H23NO2/c1-5-8(7-11)9(12)6-10(2,3)13-4/h8-9,12H,5-7,11H2,1-4H3. The number of nitrogens with two attached hydrogens (primary N) is 1. The van der Waals surface area contributed by atoms with Gasteiger partial charge in [0.25, 0.3) is 0 Å². The van der Waals surface area contributed by atoms with Gasteiger partial charge in [-0.1, -0.05) is 6.92 Å². The Kier molecular flexibility index (Phi) is 5.53. The Labute approximate surface area is 81.3 Å². The second kappa shape index (κ2) is 5.58. The average molecular weight is 189 g/mol. The van der Waals surface area contributed by atoms with Crippen LogP contribution in [0.2, 0.25) is 0 Å². The molecule has 0 rings (SSSR count). The number of aliphatic hydroxyl groups is 1. The summed E-state index contributed by atoms with van der Waals surface area (Å²) in [6, 6.07) is 0. The molecule has 0 bridgehead atoms. The summed E-state index contributed by atoms with van der Waals surface area (Å²) in [5.74, 6) is 0.189. The molecule has 2 atom stereocenters. The normalized spacial score (nSPS) is 17.1. The van der Waals surface area contributed by atoms with Gasteiger partial charge in [0, 0.05) is 13.5 Å². The smallest absolute Gasteiger partial charge is 0.0647 e. The highest BCUT2D eigenvalue weighted by atomic mass is 16.5. The maximum absolute atomic E-state index is 9.82. The monoisotopic (exact) mass is 189 g/mol. The van der Waals surface area contributed by atoms with Crippen LogP contribution in [-0.4, -0.2) is 30.5 Å². The third kappa shape index (κ3) is 4.60. The minimum Gasteiger partial charge on any atom is -0.393 e. The van der Waals surface area contributed by atoms with Crippen LogP contribution in [0.3, 0.4) is 0 Å². The van der Waals surface area contributed by atoms with Crippen LogP contribution < -0.4 is 5.73 Å². The molecule has 0 spiro atoms. The van der Waals surface area contributed by atoms with E-state index in [2.05, 4.69) is 0 Å². The molecule has 0 radical (unpaired) electrons. The zero-order valence-corrected chi connectivity index (χ0v) is 9.21. The maximum Gasteiger partial charge on any atom is 0.0647 e. The molecule has 0 aliphatic carbocycles. The highest BCUT2D eigenvalue weighted by Gasteiger charge is 2.25. The lowest BCUT2D eigenvalue weighted by molar-refractivity contribution is -0.0336. The van der Waals surface area contributed by atoms with Crippen LogP contribution in [0.5, 0.6) is 0 Å². The Morgan fingerprint density at radius 2 is 2.00 bits per heavy atom. The van der Waals surface area contributed by atoms with Crippen LogP contribution in [-0.2, 0) is 4.74 Å². The molecule has 0 fully saturated rings. The summed E-state index contributed by atoms with van der Waals surface area (Å²) in [5, 5.41) is 9.82. The summed E-state index contributed by atoms with van der Waals surface area (Å²) in [7, 11) is 1.66. The first-order valence-corrected chi connectivity index (χ1v) is 4.90. The van der Waals surface area contributed by atoms with Crippen LogP contribution in [0.1, 0.15) is 33.6 Å². The molecule has 2 unspecified atom stereocenters. The number of aliphatic hydroxyl groups excluding tert-OH is 1. The molecule has 13 heavy (non-hydrogen) atoms. The minimum atomic E-state index is -0.357. The van der Waals surface area contributed by atoms with Crippen LogP contribution in [0.4, 0.5) is 0 Å². The Hall–Kier alpha value is -0.120. The zero-order chi connectivity index (χ0) is 10.5. The molecule has 0 aromatic carbocycles. The van der Waals surface area contributed by atoms with Gasteiger partial charge in [0.05, 0.1) is 11.7 Å². The van der Waals surface area contributed by atoms with E-state index in [1.807, 2.05) is 20.8 Å². The van der Waals surface area contributed by atoms with Gasteiger partial charge in [0.15, 0.2) is 0 Å². The van der Waals surface area contributed by atoms with E-state index in [0.29, 0.717) is 13.0 Å². The predicted molar refractivity (Wildman–Crippen MR) is 54.5 cm³/mol. The van der Waals surface area contributed by atoms with E-state index < -0.39 is 0 Å². The second-order valence-electron chi connectivity index (χ2n) is 4.14. The molecule has 0 aliphatic rings. The van der Waals surface area contributed by atoms with E-state index in [1.165, 1.54) is 0 Å². The lowest BCUT2D eigenvalue weighted by atomic mass is 9.90. The molecular weight excluding hydrogens is 166 g/mol. The average Bonchev–Trinajstić information content (AvgIpc) is 2.06. The van der Waals surface area contributed by atoms with Crippen molar-refractivity contribution in [1.29, 1.82) is 0 Å². The fourth-order valence-corrected chi connectivity index (χ4v) is 1.35. The van der Waals surface area contributed by atoms with E-state index >= 15 is 0 Å². The lowest BCUT2D eigenvalue weighted by Crippen LogP contribution is -2.35. The van der Waals surface area contributed by atoms with Gasteiger partial charge in [-0.25, -0.2) is 0 Å². The first-order chi connectivity index (χ1) is 5.96. The summed E-state index contributed by atoms with van der Waals surface area (Å²) >= 11 is 0. The van der Waals surface area contributed by atoms with Gasteiger partial charge in [0.2, 0.25) is 0 Å². The number of ether oxygens (including phenoxy) is 1. The molecule has 0 aromatic rings. The third-order valence-electron chi connectivity index (χ3n) is 2.62. The summed E-state index contributed by atoms with van der Waals surface area (Å²) in [6.07, 6.45) is 1.20. The number of hydrogen-bond acceptors (Lipinski definition) is 3. The van der Waals surface area contributed by atoms with Gasteiger partial charge in [-0.05, 0) is 32.7 Å². The van der Waals surface area contributed by atoms with Gasteiger partial charge < -0.3 is 15.6 Å². The quantitative estimate of drug-likeness (QED) is 0.659. The molecule has 3 nitrogen and oxygen atoms in total. The van der Waals surface area contributed by atoms with Crippen molar-refractivity contribution < 1.29 is 9.84 Å². The Morgan fingerprint density at radius 1 is 1.46 bits per heavy atom. The van der Waals surface area contributed by atoms with E-state index in [0.717, 1.165) is 6.42 Å². The molecule has 0 aliphatic heterocycles. The van der Waals surface area contributed by atoms with Crippen molar-refractivity contribution in [3.05, 3.63) is 0 Å². The van der Waals surface area contributed by atoms with E-state index in [4.69, 9.17) is 10.5 Å². The molecule has 0 aromatic heterocycles. The summed E-state index contributed by atoms with van der Waals surface area (Å²) < 4.78 is 5.25. The van der Waals surface area contributed by atoms with Crippen molar-refractivity contribution in [2.24, 2.45) is 11.7 Å². The van der Waals surface area contributed by atoms with Crippen molar-refractivity contribution in [1.82, 2.24) is 0 Å². The topological polar surface area (TPSA) is 55.5 Å². The SMILES string of the molecule is CCC(CN)C(O)CC(C)(C)OC. The highest BCUT2D eigenvalue weighted by molar-refractivity contribution is 4.78. The largest absolute Gasteiger partial charge is 0.393 e. The molecule has 0 saturated heterocycles. The first-order valence-electron chi connectivity index (χ1n) is 4.90. The fourth-order valence-electron chi connectivity index (χ4n) is 1.35. The van der Waals surface area contributed by atoms with Crippen molar-refractivity contribution in [3.8, 4) is 0 Å². The summed E-state index contributed by atoms with van der Waals surface area (Å²) in [5.41, 5.74) is 5.28. The van der Waals surface area contributed by atoms with Crippen LogP contribution in [0, 0.1) is 5.92 Å². The lowest BCUT2D eigenvalue weighted by Gasteiger charge is -2.29. The van der Waals surface area contributed by atoms with E-state index in [1.54, 1.807) is 7.11 Å². The number of methoxy groups -OCH3 is 1. The molecule has 0 amide bonds. The van der Waals surface area contributed by atoms with Crippen LogP contribution >= 0.6 is 0 Å². The first kappa shape index (κ1) is 12.9. The van der Waals surface area contributed by atoms with Crippen molar-refractivity contribution in [2.45, 2.75) is 45.3 Å². The molecular formula is C10H23NO2. The molecule has 3 N–H and O–H groups in total. The highest BCUT2D eigenvalue weighted by Crippen LogP contribution is 2.21. The summed E-state index contributed by atoms with van der Waals surface area (Å²) in [4.78, 5) is 0. The van der Waals surface area contributed by atoms with E-state index in [-0.39, 0.29) is 17.6 Å². The molecule has 0 heterocycles. The van der Waals surface area contributed by atoms with Gasteiger partial charge in [-0.3, -0.25) is 0 Å². The predicted octanol–water partition coefficient (Wildman–Crippen LogP) is 1.15. The van der Waals surface area contributed by atoms with Gasteiger partial charge in [-0.2, -0.15) is 0 Å². The molecule has 0 saturated carbocycles. The number of rotatable bonds is 6. The second-order valence-corrected chi connectivity index (χ2v) is 4.14. The van der Waals surface area contributed by atoms with Crippen LogP contribution in [0.25, 0.3) is 0 Å². The van der Waals surface area contributed by atoms with Gasteiger partial charge in [0.1, 0.15) is 0 Å². The fraction of sp³-hybridized carbons (Fsp3) is 1.00. The third-order valence-corrected chi connectivity index (χ3v) is 2.62. The van der Waals surface area contributed by atoms with Gasteiger partial charge in [-0.15, -0.1) is 0 Å². The summed E-state index contributed by atoms with van der Waals surface area (Å²) in [6.45, 7) is 6.52. The maximum atomic E-state index is 9.82. The molecule has 80 valence electrons. The Bertz CT molecular complexity index is 133. The van der Waals surface area contributed by atoms with Crippen molar-refractivity contribution in [2.75, 3.05) is 13.7 Å². The minimum absolute atomic E-state index is 0.189. The Balaban J connectivity index is 4.04. The van der Waals surface area contributed by atoms with Crippen molar-refractivity contribution >= 4 is 0 Å². The van der Waals surface area contributed by atoms with Crippen molar-refractivity contribution in [3.63, 3.8) is 0 Å². The Morgan fingerprint density at radius 3 is 2.31 bits per heavy atom. The molecule has 3 heteroatoms. The van der Waals surface area contributed by atoms with Crippen LogP contribution in [0.15, 0.2) is 0 Å². The van der Waals surface area contributed by atoms with Gasteiger partial charge >= 0.3 is 0 Å². The number of hydrogen-bond donors (Lipinski definition) is 2. The zero-order valence-electron chi connectivity index (χ0n) is 9.21. The van der Waals surface area contributed by atoms with E-state index in [9.17, 15) is 5.11 Å².